The predicted octanol–water partition coefficient (Wildman–Crippen LogP) is 3.75. The van der Waals surface area contributed by atoms with E-state index in [-0.39, 0.29) is 5.60 Å². The largest absolute Gasteiger partial charge is 0.375 e. The summed E-state index contributed by atoms with van der Waals surface area (Å²) in [4.78, 5) is 0. The number of rotatable bonds is 7. The van der Waals surface area contributed by atoms with Crippen LogP contribution < -0.4 is 5.32 Å². The minimum Gasteiger partial charge on any atom is -0.375 e. The monoisotopic (exact) mass is 241 g/mol. The van der Waals surface area contributed by atoms with Crippen LogP contribution in [0.4, 0.5) is 0 Å². The molecule has 1 N–H and O–H groups in total. The molecular weight excluding hydrogens is 210 g/mol. The van der Waals surface area contributed by atoms with Crippen LogP contribution in [0.15, 0.2) is 0 Å². The minimum atomic E-state index is 0.157. The van der Waals surface area contributed by atoms with Gasteiger partial charge in [0.25, 0.3) is 0 Å². The van der Waals surface area contributed by atoms with Gasteiger partial charge in [-0.25, -0.2) is 0 Å². The lowest BCUT2D eigenvalue weighted by molar-refractivity contribution is -0.0932. The molecule has 2 heteroatoms. The lowest BCUT2D eigenvalue weighted by Crippen LogP contribution is -2.47. The topological polar surface area (TPSA) is 21.3 Å². The quantitative estimate of drug-likeness (QED) is 0.733. The SMILES string of the molecule is CCC(CC)CNC1CCOC(CC)(CC)C1. The van der Waals surface area contributed by atoms with E-state index in [1.165, 1.54) is 32.2 Å². The van der Waals surface area contributed by atoms with Crippen LogP contribution in [0.1, 0.15) is 66.2 Å². The van der Waals surface area contributed by atoms with Gasteiger partial charge in [-0.05, 0) is 38.1 Å². The normalized spacial score (nSPS) is 24.2. The Morgan fingerprint density at radius 3 is 2.35 bits per heavy atom. The summed E-state index contributed by atoms with van der Waals surface area (Å²) in [5, 5.41) is 3.77. The molecule has 0 aromatic heterocycles. The van der Waals surface area contributed by atoms with Crippen LogP contribution in [0.2, 0.25) is 0 Å². The first-order valence-electron chi connectivity index (χ1n) is 7.57. The molecule has 0 spiro atoms. The van der Waals surface area contributed by atoms with E-state index in [9.17, 15) is 0 Å². The zero-order valence-electron chi connectivity index (χ0n) is 12.2. The molecule has 1 unspecified atom stereocenters. The molecule has 0 aromatic rings. The fourth-order valence-corrected chi connectivity index (χ4v) is 2.86. The van der Waals surface area contributed by atoms with Crippen LogP contribution in [0.3, 0.4) is 0 Å². The summed E-state index contributed by atoms with van der Waals surface area (Å²) in [5.41, 5.74) is 0.157. The van der Waals surface area contributed by atoms with Crippen molar-refractivity contribution in [2.75, 3.05) is 13.2 Å². The maximum absolute atomic E-state index is 6.01. The van der Waals surface area contributed by atoms with Crippen molar-refractivity contribution in [3.63, 3.8) is 0 Å². The van der Waals surface area contributed by atoms with Crippen molar-refractivity contribution in [2.45, 2.75) is 77.9 Å². The zero-order chi connectivity index (χ0) is 12.7. The first-order valence-corrected chi connectivity index (χ1v) is 7.57. The Hall–Kier alpha value is -0.0800. The van der Waals surface area contributed by atoms with Gasteiger partial charge in [0.05, 0.1) is 5.60 Å². The van der Waals surface area contributed by atoms with Gasteiger partial charge in [0, 0.05) is 12.6 Å². The molecule has 2 nitrogen and oxygen atoms in total. The third-order valence-corrected chi connectivity index (χ3v) is 4.63. The molecule has 1 rings (SSSR count). The summed E-state index contributed by atoms with van der Waals surface area (Å²) in [7, 11) is 0. The van der Waals surface area contributed by atoms with E-state index in [1.54, 1.807) is 0 Å². The van der Waals surface area contributed by atoms with Gasteiger partial charge in [0.15, 0.2) is 0 Å². The fraction of sp³-hybridized carbons (Fsp3) is 1.00. The molecule has 1 aliphatic heterocycles. The molecular formula is C15H31NO. The highest BCUT2D eigenvalue weighted by Gasteiger charge is 2.34. The summed E-state index contributed by atoms with van der Waals surface area (Å²) in [6, 6.07) is 0.671. The zero-order valence-corrected chi connectivity index (χ0v) is 12.2. The Bertz CT molecular complexity index is 197. The Balaban J connectivity index is 2.39. The van der Waals surface area contributed by atoms with Gasteiger partial charge >= 0.3 is 0 Å². The van der Waals surface area contributed by atoms with E-state index in [2.05, 4.69) is 33.0 Å². The Kier molecular flexibility index (Phi) is 6.50. The predicted molar refractivity (Wildman–Crippen MR) is 74.4 cm³/mol. The number of nitrogens with one attached hydrogen (secondary N) is 1. The molecule has 0 amide bonds. The Morgan fingerprint density at radius 2 is 1.82 bits per heavy atom. The fourth-order valence-electron chi connectivity index (χ4n) is 2.86. The van der Waals surface area contributed by atoms with Crippen molar-refractivity contribution in [3.8, 4) is 0 Å². The Labute approximate surface area is 108 Å². The molecule has 17 heavy (non-hydrogen) atoms. The minimum absolute atomic E-state index is 0.157. The lowest BCUT2D eigenvalue weighted by Gasteiger charge is -2.40. The molecule has 1 heterocycles. The standard InChI is InChI=1S/C15H31NO/c1-5-13(6-2)12-16-14-9-10-17-15(7-3,8-4)11-14/h13-14,16H,5-12H2,1-4H3. The summed E-state index contributed by atoms with van der Waals surface area (Å²) in [6.45, 7) is 11.2. The van der Waals surface area contributed by atoms with Crippen LogP contribution >= 0.6 is 0 Å². The second-order valence-corrected chi connectivity index (χ2v) is 5.52. The van der Waals surface area contributed by atoms with Crippen LogP contribution in [-0.2, 0) is 4.74 Å². The number of hydrogen-bond acceptors (Lipinski definition) is 2. The molecule has 1 atom stereocenters. The third-order valence-electron chi connectivity index (χ3n) is 4.63. The lowest BCUT2D eigenvalue weighted by atomic mass is 9.85. The Morgan fingerprint density at radius 1 is 1.18 bits per heavy atom. The highest BCUT2D eigenvalue weighted by atomic mass is 16.5. The highest BCUT2D eigenvalue weighted by Crippen LogP contribution is 2.31. The summed E-state index contributed by atoms with van der Waals surface area (Å²) >= 11 is 0. The van der Waals surface area contributed by atoms with E-state index < -0.39 is 0 Å². The first kappa shape index (κ1) is 15.0. The van der Waals surface area contributed by atoms with Crippen molar-refractivity contribution in [1.29, 1.82) is 0 Å². The van der Waals surface area contributed by atoms with E-state index in [0.717, 1.165) is 25.4 Å². The molecule has 0 aliphatic carbocycles. The van der Waals surface area contributed by atoms with Crippen molar-refractivity contribution in [1.82, 2.24) is 5.32 Å². The molecule has 0 aromatic carbocycles. The van der Waals surface area contributed by atoms with Crippen LogP contribution in [0, 0.1) is 5.92 Å². The molecule has 102 valence electrons. The summed E-state index contributed by atoms with van der Waals surface area (Å²) in [6.07, 6.45) is 7.25. The van der Waals surface area contributed by atoms with Gasteiger partial charge in [-0.2, -0.15) is 0 Å². The number of ether oxygens (including phenoxy) is 1. The van der Waals surface area contributed by atoms with Gasteiger partial charge in [-0.15, -0.1) is 0 Å². The van der Waals surface area contributed by atoms with Crippen molar-refractivity contribution >= 4 is 0 Å². The van der Waals surface area contributed by atoms with E-state index in [1.807, 2.05) is 0 Å². The molecule has 1 fully saturated rings. The summed E-state index contributed by atoms with van der Waals surface area (Å²) < 4.78 is 6.01. The average Bonchev–Trinajstić information content (AvgIpc) is 2.40. The number of hydrogen-bond donors (Lipinski definition) is 1. The second kappa shape index (κ2) is 7.38. The van der Waals surface area contributed by atoms with E-state index >= 15 is 0 Å². The van der Waals surface area contributed by atoms with E-state index in [0.29, 0.717) is 6.04 Å². The molecule has 0 radical (unpaired) electrons. The van der Waals surface area contributed by atoms with Gasteiger partial charge in [0.2, 0.25) is 0 Å². The molecule has 0 bridgehead atoms. The summed E-state index contributed by atoms with van der Waals surface area (Å²) in [5.74, 6) is 0.843. The maximum Gasteiger partial charge on any atom is 0.0692 e. The smallest absolute Gasteiger partial charge is 0.0692 e. The molecule has 1 aliphatic rings. The molecule has 1 saturated heterocycles. The van der Waals surface area contributed by atoms with Gasteiger partial charge in [0.1, 0.15) is 0 Å². The van der Waals surface area contributed by atoms with Crippen molar-refractivity contribution in [3.05, 3.63) is 0 Å². The second-order valence-electron chi connectivity index (χ2n) is 5.52. The maximum atomic E-state index is 6.01. The van der Waals surface area contributed by atoms with Crippen molar-refractivity contribution in [2.24, 2.45) is 5.92 Å². The third kappa shape index (κ3) is 4.26. The highest BCUT2D eigenvalue weighted by molar-refractivity contribution is 4.88. The van der Waals surface area contributed by atoms with Gasteiger partial charge in [-0.1, -0.05) is 40.5 Å². The van der Waals surface area contributed by atoms with Crippen LogP contribution in [-0.4, -0.2) is 24.8 Å². The van der Waals surface area contributed by atoms with Crippen LogP contribution in [0.5, 0.6) is 0 Å². The van der Waals surface area contributed by atoms with Crippen LogP contribution in [0.25, 0.3) is 0 Å². The first-order chi connectivity index (χ1) is 8.19. The average molecular weight is 241 g/mol. The molecule has 0 saturated carbocycles. The van der Waals surface area contributed by atoms with Gasteiger partial charge < -0.3 is 10.1 Å². The van der Waals surface area contributed by atoms with Crippen molar-refractivity contribution < 1.29 is 4.74 Å². The van der Waals surface area contributed by atoms with Gasteiger partial charge in [-0.3, -0.25) is 0 Å². The van der Waals surface area contributed by atoms with E-state index in [4.69, 9.17) is 4.74 Å².